The summed E-state index contributed by atoms with van der Waals surface area (Å²) in [4.78, 5) is 6.92. The van der Waals surface area contributed by atoms with Gasteiger partial charge < -0.3 is 9.30 Å². The van der Waals surface area contributed by atoms with Crippen LogP contribution in [0.3, 0.4) is 0 Å². The molecule has 0 saturated heterocycles. The second kappa shape index (κ2) is 5.50. The van der Waals surface area contributed by atoms with Crippen molar-refractivity contribution in [2.45, 2.75) is 12.4 Å². The predicted molar refractivity (Wildman–Crippen MR) is 63.0 cm³/mol. The lowest BCUT2D eigenvalue weighted by atomic mass is 10.2. The third kappa shape index (κ3) is 3.68. The van der Waals surface area contributed by atoms with Crippen LogP contribution in [0.1, 0.15) is 5.69 Å². The van der Waals surface area contributed by atoms with E-state index in [1.165, 1.54) is 24.0 Å². The third-order valence-corrected chi connectivity index (χ3v) is 2.61. The largest absolute Gasteiger partial charge is 0.482 e. The van der Waals surface area contributed by atoms with Crippen LogP contribution in [0.5, 0.6) is 5.75 Å². The van der Waals surface area contributed by atoms with E-state index in [-0.39, 0.29) is 11.4 Å². The number of alkyl halides is 6. The highest BCUT2D eigenvalue weighted by Gasteiger charge is 2.34. The molecule has 0 aliphatic carbocycles. The Bertz CT molecular complexity index is 662. The van der Waals surface area contributed by atoms with E-state index in [2.05, 4.69) is 14.7 Å². The van der Waals surface area contributed by atoms with Crippen LogP contribution in [0.15, 0.2) is 24.7 Å². The van der Waals surface area contributed by atoms with Crippen molar-refractivity contribution >= 4 is 0 Å². The van der Waals surface area contributed by atoms with Crippen molar-refractivity contribution in [1.82, 2.24) is 14.5 Å². The second-order valence-corrected chi connectivity index (χ2v) is 4.33. The Morgan fingerprint density at radius 1 is 1.14 bits per heavy atom. The molecule has 0 fully saturated rings. The van der Waals surface area contributed by atoms with Gasteiger partial charge in [-0.15, -0.1) is 0 Å². The molecule has 2 aromatic heterocycles. The highest BCUT2D eigenvalue weighted by atomic mass is 19.4. The van der Waals surface area contributed by atoms with Crippen LogP contribution in [0.4, 0.5) is 26.3 Å². The van der Waals surface area contributed by atoms with E-state index in [9.17, 15) is 26.3 Å². The van der Waals surface area contributed by atoms with Crippen molar-refractivity contribution in [3.63, 3.8) is 0 Å². The van der Waals surface area contributed by atoms with Gasteiger partial charge in [0, 0.05) is 19.4 Å². The van der Waals surface area contributed by atoms with Gasteiger partial charge in [-0.05, 0) is 6.07 Å². The van der Waals surface area contributed by atoms with E-state index in [1.54, 1.807) is 0 Å². The Morgan fingerprint density at radius 3 is 2.32 bits per heavy atom. The molecule has 0 N–H and O–H groups in total. The van der Waals surface area contributed by atoms with Crippen LogP contribution in [0.2, 0.25) is 0 Å². The zero-order valence-corrected chi connectivity index (χ0v) is 11.0. The first kappa shape index (κ1) is 16.1. The number of pyridine rings is 1. The van der Waals surface area contributed by atoms with Gasteiger partial charge in [-0.25, -0.2) is 9.97 Å². The zero-order valence-electron chi connectivity index (χ0n) is 11.0. The van der Waals surface area contributed by atoms with Gasteiger partial charge in [0.2, 0.25) is 0 Å². The van der Waals surface area contributed by atoms with Gasteiger partial charge in [-0.3, -0.25) is 0 Å². The number of hydrogen-bond acceptors (Lipinski definition) is 3. The lowest BCUT2D eigenvalue weighted by molar-refractivity contribution is -0.153. The highest BCUT2D eigenvalue weighted by Crippen LogP contribution is 2.35. The maximum Gasteiger partial charge on any atom is 0.433 e. The Kier molecular flexibility index (Phi) is 4.03. The van der Waals surface area contributed by atoms with Crippen LogP contribution in [-0.2, 0) is 13.2 Å². The maximum atomic E-state index is 12.7. The molecule has 0 bridgehead atoms. The lowest BCUT2D eigenvalue weighted by Crippen LogP contribution is -2.20. The monoisotopic (exact) mass is 325 g/mol. The minimum Gasteiger partial charge on any atom is -0.482 e. The first-order valence-corrected chi connectivity index (χ1v) is 5.82. The number of rotatable bonds is 3. The minimum atomic E-state index is -4.73. The fourth-order valence-corrected chi connectivity index (χ4v) is 1.67. The molecule has 0 aromatic carbocycles. The van der Waals surface area contributed by atoms with E-state index in [1.807, 2.05) is 0 Å². The lowest BCUT2D eigenvalue weighted by Gasteiger charge is -2.14. The van der Waals surface area contributed by atoms with E-state index in [0.29, 0.717) is 12.3 Å². The van der Waals surface area contributed by atoms with Crippen molar-refractivity contribution in [2.24, 2.45) is 7.05 Å². The van der Waals surface area contributed by atoms with Crippen LogP contribution in [-0.4, -0.2) is 27.3 Å². The van der Waals surface area contributed by atoms with Gasteiger partial charge in [0.1, 0.15) is 17.3 Å². The van der Waals surface area contributed by atoms with E-state index < -0.39 is 30.4 Å². The van der Waals surface area contributed by atoms with Gasteiger partial charge >= 0.3 is 12.4 Å². The summed E-state index contributed by atoms with van der Waals surface area (Å²) in [5.74, 6) is -0.398. The van der Waals surface area contributed by atoms with Gasteiger partial charge in [-0.2, -0.15) is 26.3 Å². The van der Waals surface area contributed by atoms with E-state index in [4.69, 9.17) is 0 Å². The molecule has 0 radical (unpaired) electrons. The topological polar surface area (TPSA) is 39.9 Å². The Morgan fingerprint density at radius 2 is 1.82 bits per heavy atom. The number of hydrogen-bond donors (Lipinski definition) is 0. The highest BCUT2D eigenvalue weighted by molar-refractivity contribution is 5.64. The Hall–Kier alpha value is -2.26. The predicted octanol–water partition coefficient (Wildman–Crippen LogP) is 3.44. The molecule has 0 saturated carbocycles. The number of halogens is 6. The molecule has 10 heteroatoms. The summed E-state index contributed by atoms with van der Waals surface area (Å²) in [5, 5.41) is 0. The SMILES string of the molecule is Cn1ccnc1-c1cc(C(F)(F)F)ncc1OCC(F)(F)F. The average Bonchev–Trinajstić information content (AvgIpc) is 2.80. The summed E-state index contributed by atoms with van der Waals surface area (Å²) in [6.45, 7) is -1.64. The summed E-state index contributed by atoms with van der Waals surface area (Å²) in [5.41, 5.74) is -1.47. The molecular formula is C12H9F6N3O. The van der Waals surface area contributed by atoms with Crippen LogP contribution >= 0.6 is 0 Å². The normalized spacial score (nSPS) is 12.5. The maximum absolute atomic E-state index is 12.7. The summed E-state index contributed by atoms with van der Waals surface area (Å²) in [6.07, 6.45) is -6.00. The second-order valence-electron chi connectivity index (χ2n) is 4.33. The fraction of sp³-hybridized carbons (Fsp3) is 0.333. The standard InChI is InChI=1S/C12H9F6N3O/c1-21-3-2-19-10(21)7-4-9(12(16,17)18)20-5-8(7)22-6-11(13,14)15/h2-5H,6H2,1H3. The van der Waals surface area contributed by atoms with Crippen molar-refractivity contribution < 1.29 is 31.1 Å². The van der Waals surface area contributed by atoms with Gasteiger partial charge in [0.25, 0.3) is 0 Å². The Balaban J connectivity index is 2.47. The summed E-state index contributed by atoms with van der Waals surface area (Å²) in [6, 6.07) is 0.605. The van der Waals surface area contributed by atoms with Gasteiger partial charge in [0.15, 0.2) is 6.61 Å². The van der Waals surface area contributed by atoms with Crippen molar-refractivity contribution in [2.75, 3.05) is 6.61 Å². The molecular weight excluding hydrogens is 316 g/mol. The first-order chi connectivity index (χ1) is 10.1. The van der Waals surface area contributed by atoms with Crippen LogP contribution < -0.4 is 4.74 Å². The van der Waals surface area contributed by atoms with Crippen molar-refractivity contribution in [3.8, 4) is 17.1 Å². The quantitative estimate of drug-likeness (QED) is 0.812. The molecule has 120 valence electrons. The molecule has 0 spiro atoms. The molecule has 0 unspecified atom stereocenters. The third-order valence-electron chi connectivity index (χ3n) is 2.61. The van der Waals surface area contributed by atoms with Gasteiger partial charge in [0.05, 0.1) is 11.8 Å². The number of aromatic nitrogens is 3. The Labute approximate surface area is 120 Å². The molecule has 2 rings (SSSR count). The number of aryl methyl sites for hydroxylation is 1. The van der Waals surface area contributed by atoms with Crippen molar-refractivity contribution in [3.05, 3.63) is 30.4 Å². The molecule has 0 atom stereocenters. The smallest absolute Gasteiger partial charge is 0.433 e. The summed E-state index contributed by atoms with van der Waals surface area (Å²) >= 11 is 0. The summed E-state index contributed by atoms with van der Waals surface area (Å²) in [7, 11) is 1.49. The fourth-order valence-electron chi connectivity index (χ4n) is 1.67. The minimum absolute atomic E-state index is 0.0325. The zero-order chi connectivity index (χ0) is 16.5. The molecule has 0 aliphatic rings. The molecule has 22 heavy (non-hydrogen) atoms. The molecule has 2 aromatic rings. The van der Waals surface area contributed by atoms with E-state index in [0.717, 1.165) is 0 Å². The van der Waals surface area contributed by atoms with Crippen molar-refractivity contribution in [1.29, 1.82) is 0 Å². The summed E-state index contributed by atoms with van der Waals surface area (Å²) < 4.78 is 80.7. The molecule has 4 nitrogen and oxygen atoms in total. The number of ether oxygens (including phenoxy) is 1. The van der Waals surface area contributed by atoms with Crippen LogP contribution in [0, 0.1) is 0 Å². The number of imidazole rings is 1. The van der Waals surface area contributed by atoms with Crippen LogP contribution in [0.25, 0.3) is 11.4 Å². The average molecular weight is 325 g/mol. The molecule has 2 heterocycles. The first-order valence-electron chi connectivity index (χ1n) is 5.82. The molecule has 0 aliphatic heterocycles. The number of nitrogens with zero attached hydrogens (tertiary/aromatic N) is 3. The molecule has 0 amide bonds. The van der Waals surface area contributed by atoms with E-state index >= 15 is 0 Å². The van der Waals surface area contributed by atoms with Gasteiger partial charge in [-0.1, -0.05) is 0 Å².